The summed E-state index contributed by atoms with van der Waals surface area (Å²) in [6.45, 7) is 0.176. The van der Waals surface area contributed by atoms with Crippen molar-refractivity contribution < 1.29 is 13.5 Å². The van der Waals surface area contributed by atoms with E-state index >= 15 is 0 Å². The molecule has 0 bridgehead atoms. The van der Waals surface area contributed by atoms with Gasteiger partial charge in [-0.2, -0.15) is 9.40 Å². The number of sulfonamides is 1. The van der Waals surface area contributed by atoms with Crippen LogP contribution in [0.1, 0.15) is 5.56 Å². The molecule has 0 aliphatic heterocycles. The van der Waals surface area contributed by atoms with E-state index in [2.05, 4.69) is 10.2 Å². The Hall–Kier alpha value is -1.86. The molecule has 18 heavy (non-hydrogen) atoms. The molecular weight excluding hydrogens is 254 g/mol. The highest BCUT2D eigenvalue weighted by atomic mass is 32.2. The van der Waals surface area contributed by atoms with E-state index in [0.717, 1.165) is 0 Å². The van der Waals surface area contributed by atoms with Gasteiger partial charge in [0.05, 0.1) is 6.20 Å². The highest BCUT2D eigenvalue weighted by Gasteiger charge is 2.22. The third kappa shape index (κ3) is 2.52. The molecule has 0 spiro atoms. The number of aromatic hydroxyl groups is 1. The second-order valence-corrected chi connectivity index (χ2v) is 5.87. The molecule has 0 fully saturated rings. The summed E-state index contributed by atoms with van der Waals surface area (Å²) in [6.07, 6.45) is 1.38. The Kier molecular flexibility index (Phi) is 3.35. The van der Waals surface area contributed by atoms with Crippen LogP contribution in [-0.2, 0) is 16.6 Å². The van der Waals surface area contributed by atoms with Gasteiger partial charge < -0.3 is 5.11 Å². The molecule has 2 rings (SSSR count). The van der Waals surface area contributed by atoms with Crippen molar-refractivity contribution in [2.24, 2.45) is 0 Å². The Bertz CT molecular complexity index is 623. The molecule has 0 saturated heterocycles. The fraction of sp³-hybridized carbons (Fsp3) is 0.182. The summed E-state index contributed by atoms with van der Waals surface area (Å²) in [5, 5.41) is 15.4. The number of phenols is 1. The smallest absolute Gasteiger partial charge is 0.260 e. The number of nitrogens with one attached hydrogen (secondary N) is 1. The molecule has 0 unspecified atom stereocenters. The van der Waals surface area contributed by atoms with E-state index in [4.69, 9.17) is 0 Å². The van der Waals surface area contributed by atoms with Crippen LogP contribution in [0.25, 0.3) is 0 Å². The highest BCUT2D eigenvalue weighted by molar-refractivity contribution is 7.89. The second-order valence-electron chi connectivity index (χ2n) is 3.85. The van der Waals surface area contributed by atoms with Crippen LogP contribution in [0.5, 0.6) is 5.75 Å². The minimum absolute atomic E-state index is 0.0464. The Labute approximate surface area is 105 Å². The van der Waals surface area contributed by atoms with Gasteiger partial charge in [0.2, 0.25) is 0 Å². The van der Waals surface area contributed by atoms with E-state index in [1.54, 1.807) is 12.1 Å². The van der Waals surface area contributed by atoms with Crippen molar-refractivity contribution in [3.8, 4) is 5.75 Å². The van der Waals surface area contributed by atoms with Gasteiger partial charge in [-0.05, 0) is 23.8 Å². The molecule has 0 aliphatic rings. The SMILES string of the molecule is CN(Cc1cccc(O)c1)S(=O)(=O)c1ccn[nH]1. The molecule has 0 atom stereocenters. The molecule has 2 aromatic rings. The van der Waals surface area contributed by atoms with Crippen molar-refractivity contribution in [3.05, 3.63) is 42.1 Å². The molecule has 0 aliphatic carbocycles. The zero-order valence-electron chi connectivity index (χ0n) is 9.74. The molecule has 0 amide bonds. The minimum Gasteiger partial charge on any atom is -0.508 e. The monoisotopic (exact) mass is 267 g/mol. The van der Waals surface area contributed by atoms with Gasteiger partial charge in [0.25, 0.3) is 10.0 Å². The molecule has 1 heterocycles. The predicted octanol–water partition coefficient (Wildman–Crippen LogP) is 0.936. The summed E-state index contributed by atoms with van der Waals surface area (Å²) in [7, 11) is -2.10. The van der Waals surface area contributed by atoms with Crippen molar-refractivity contribution in [2.75, 3.05) is 7.05 Å². The van der Waals surface area contributed by atoms with Gasteiger partial charge >= 0.3 is 0 Å². The first-order chi connectivity index (χ1) is 8.50. The quantitative estimate of drug-likeness (QED) is 0.863. The lowest BCUT2D eigenvalue weighted by atomic mass is 10.2. The van der Waals surface area contributed by atoms with Gasteiger partial charge in [-0.3, -0.25) is 5.10 Å². The normalized spacial score (nSPS) is 11.9. The Morgan fingerprint density at radius 3 is 2.78 bits per heavy atom. The molecule has 1 aromatic carbocycles. The average molecular weight is 267 g/mol. The molecule has 0 saturated carbocycles. The van der Waals surface area contributed by atoms with Crippen molar-refractivity contribution in [2.45, 2.75) is 11.6 Å². The maximum absolute atomic E-state index is 12.1. The van der Waals surface area contributed by atoms with Gasteiger partial charge in [0, 0.05) is 13.6 Å². The van der Waals surface area contributed by atoms with E-state index in [9.17, 15) is 13.5 Å². The van der Waals surface area contributed by atoms with E-state index in [-0.39, 0.29) is 17.3 Å². The largest absolute Gasteiger partial charge is 0.508 e. The number of nitrogens with zero attached hydrogens (tertiary/aromatic N) is 2. The lowest BCUT2D eigenvalue weighted by Gasteiger charge is -2.15. The summed E-state index contributed by atoms with van der Waals surface area (Å²) in [4.78, 5) is 0. The van der Waals surface area contributed by atoms with E-state index in [1.165, 1.54) is 35.7 Å². The van der Waals surface area contributed by atoms with Gasteiger partial charge in [-0.1, -0.05) is 12.1 Å². The topological polar surface area (TPSA) is 86.3 Å². The van der Waals surface area contributed by atoms with Crippen LogP contribution < -0.4 is 0 Å². The summed E-state index contributed by atoms with van der Waals surface area (Å²) in [6, 6.07) is 7.88. The van der Waals surface area contributed by atoms with Crippen LogP contribution in [0, 0.1) is 0 Å². The van der Waals surface area contributed by atoms with Crippen LogP contribution in [0.4, 0.5) is 0 Å². The zero-order chi connectivity index (χ0) is 13.2. The Morgan fingerprint density at radius 1 is 1.39 bits per heavy atom. The number of rotatable bonds is 4. The van der Waals surface area contributed by atoms with Crippen molar-refractivity contribution >= 4 is 10.0 Å². The number of aromatic amines is 1. The number of H-pyrrole nitrogens is 1. The van der Waals surface area contributed by atoms with Gasteiger partial charge in [-0.15, -0.1) is 0 Å². The number of phenolic OH excluding ortho intramolecular Hbond substituents is 1. The fourth-order valence-electron chi connectivity index (χ4n) is 1.55. The Balaban J connectivity index is 2.20. The lowest BCUT2D eigenvalue weighted by molar-refractivity contribution is 0.456. The molecule has 2 N–H and O–H groups in total. The molecule has 1 aromatic heterocycles. The average Bonchev–Trinajstić information content (AvgIpc) is 2.82. The first-order valence-electron chi connectivity index (χ1n) is 5.24. The zero-order valence-corrected chi connectivity index (χ0v) is 10.6. The Morgan fingerprint density at radius 2 is 2.17 bits per heavy atom. The molecule has 6 nitrogen and oxygen atoms in total. The van der Waals surface area contributed by atoms with Crippen LogP contribution in [-0.4, -0.2) is 35.1 Å². The summed E-state index contributed by atoms with van der Waals surface area (Å²) >= 11 is 0. The molecule has 96 valence electrons. The van der Waals surface area contributed by atoms with Crippen LogP contribution in [0.15, 0.2) is 41.6 Å². The predicted molar refractivity (Wildman–Crippen MR) is 65.3 cm³/mol. The maximum Gasteiger partial charge on any atom is 0.260 e. The molecular formula is C11H13N3O3S. The molecule has 0 radical (unpaired) electrons. The van der Waals surface area contributed by atoms with E-state index < -0.39 is 10.0 Å². The highest BCUT2D eigenvalue weighted by Crippen LogP contribution is 2.16. The van der Waals surface area contributed by atoms with Gasteiger partial charge in [0.15, 0.2) is 5.03 Å². The summed E-state index contributed by atoms with van der Waals surface area (Å²) < 4.78 is 25.3. The standard InChI is InChI=1S/C11H13N3O3S/c1-14(8-9-3-2-4-10(15)7-9)18(16,17)11-5-6-12-13-11/h2-7,15H,8H2,1H3,(H,12,13). The maximum atomic E-state index is 12.1. The lowest BCUT2D eigenvalue weighted by Crippen LogP contribution is -2.26. The number of hydrogen-bond donors (Lipinski definition) is 2. The van der Waals surface area contributed by atoms with Crippen LogP contribution >= 0.6 is 0 Å². The number of aromatic nitrogens is 2. The van der Waals surface area contributed by atoms with E-state index in [1.807, 2.05) is 0 Å². The third-order valence-corrected chi connectivity index (χ3v) is 4.21. The minimum atomic E-state index is -3.57. The summed E-state index contributed by atoms with van der Waals surface area (Å²) in [5.41, 5.74) is 0.709. The number of hydrogen-bond acceptors (Lipinski definition) is 4. The number of benzene rings is 1. The van der Waals surface area contributed by atoms with Crippen LogP contribution in [0.3, 0.4) is 0 Å². The second kappa shape index (κ2) is 4.79. The van der Waals surface area contributed by atoms with Crippen molar-refractivity contribution in [1.29, 1.82) is 0 Å². The van der Waals surface area contributed by atoms with Gasteiger partial charge in [0.1, 0.15) is 5.75 Å². The van der Waals surface area contributed by atoms with Crippen molar-refractivity contribution in [1.82, 2.24) is 14.5 Å². The van der Waals surface area contributed by atoms with Gasteiger partial charge in [-0.25, -0.2) is 8.42 Å². The fourth-order valence-corrected chi connectivity index (χ4v) is 2.61. The third-order valence-electron chi connectivity index (χ3n) is 2.48. The first-order valence-corrected chi connectivity index (χ1v) is 6.68. The van der Waals surface area contributed by atoms with Crippen molar-refractivity contribution in [3.63, 3.8) is 0 Å². The first kappa shape index (κ1) is 12.6. The van der Waals surface area contributed by atoms with E-state index in [0.29, 0.717) is 5.56 Å². The molecule has 7 heteroatoms. The van der Waals surface area contributed by atoms with Crippen LogP contribution in [0.2, 0.25) is 0 Å². The summed E-state index contributed by atoms with van der Waals surface area (Å²) in [5.74, 6) is 0.111.